The zero-order valence-corrected chi connectivity index (χ0v) is 15.5. The van der Waals surface area contributed by atoms with Crippen LogP contribution in [0.1, 0.15) is 22.6 Å². The summed E-state index contributed by atoms with van der Waals surface area (Å²) in [6, 6.07) is 16.2. The van der Waals surface area contributed by atoms with Gasteiger partial charge in [0.1, 0.15) is 12.4 Å². The number of aromatic amines is 1. The number of aliphatic carboxylic acids is 1. The van der Waals surface area contributed by atoms with Crippen molar-refractivity contribution in [3.63, 3.8) is 0 Å². The number of fused-ring (bicyclic) bond motifs is 4. The van der Waals surface area contributed by atoms with Crippen molar-refractivity contribution in [2.75, 3.05) is 18.1 Å². The van der Waals surface area contributed by atoms with Gasteiger partial charge in [-0.3, -0.25) is 14.8 Å². The lowest BCUT2D eigenvalue weighted by Gasteiger charge is -2.29. The summed E-state index contributed by atoms with van der Waals surface area (Å²) >= 11 is 0. The number of carbonyl (C=O) groups is 2. The van der Waals surface area contributed by atoms with Crippen LogP contribution in [0.3, 0.4) is 0 Å². The minimum Gasteiger partial charge on any atom is -0.481 e. The maximum atomic E-state index is 12.9. The van der Waals surface area contributed by atoms with E-state index in [0.717, 1.165) is 22.3 Å². The normalized spacial score (nSPS) is 17.4. The quantitative estimate of drug-likeness (QED) is 0.716. The largest absolute Gasteiger partial charge is 0.481 e. The minimum absolute atomic E-state index is 0.0485. The second-order valence-electron chi connectivity index (χ2n) is 7.40. The SMILES string of the molecule is O=C(O)C1Cc2cn[nH]c2N(C(=O)OCC2c3ccccc3-c3ccccc32)C1. The van der Waals surface area contributed by atoms with E-state index in [1.165, 1.54) is 4.90 Å². The first-order chi connectivity index (χ1) is 14.1. The number of amides is 1. The van der Waals surface area contributed by atoms with Crippen LogP contribution in [-0.2, 0) is 16.0 Å². The number of anilines is 1. The number of carbonyl (C=O) groups excluding carboxylic acids is 1. The third kappa shape index (κ3) is 2.86. The summed E-state index contributed by atoms with van der Waals surface area (Å²) in [6.07, 6.45) is 1.34. The molecule has 0 saturated carbocycles. The molecule has 7 heteroatoms. The van der Waals surface area contributed by atoms with Crippen molar-refractivity contribution in [3.8, 4) is 11.1 Å². The van der Waals surface area contributed by atoms with Gasteiger partial charge in [0.25, 0.3) is 0 Å². The molecule has 2 aromatic carbocycles. The number of hydrogen-bond donors (Lipinski definition) is 2. The molecule has 1 atom stereocenters. The number of aromatic nitrogens is 2. The van der Waals surface area contributed by atoms with Gasteiger partial charge in [-0.1, -0.05) is 48.5 Å². The molecule has 0 saturated heterocycles. The number of ether oxygens (including phenoxy) is 1. The molecule has 1 amide bonds. The molecule has 1 aromatic heterocycles. The van der Waals surface area contributed by atoms with Crippen LogP contribution >= 0.6 is 0 Å². The lowest BCUT2D eigenvalue weighted by molar-refractivity contribution is -0.141. The van der Waals surface area contributed by atoms with Crippen LogP contribution in [0.5, 0.6) is 0 Å². The summed E-state index contributed by atoms with van der Waals surface area (Å²) in [6.45, 7) is 0.242. The van der Waals surface area contributed by atoms with Crippen molar-refractivity contribution in [2.45, 2.75) is 12.3 Å². The van der Waals surface area contributed by atoms with E-state index >= 15 is 0 Å². The number of nitrogens with one attached hydrogen (secondary N) is 1. The van der Waals surface area contributed by atoms with E-state index < -0.39 is 18.0 Å². The van der Waals surface area contributed by atoms with Crippen molar-refractivity contribution >= 4 is 17.9 Å². The first-order valence-corrected chi connectivity index (χ1v) is 9.51. The highest BCUT2D eigenvalue weighted by Gasteiger charge is 2.36. The Kier molecular flexibility index (Phi) is 4.08. The molecule has 2 heterocycles. The van der Waals surface area contributed by atoms with E-state index in [-0.39, 0.29) is 19.1 Å². The van der Waals surface area contributed by atoms with Crippen LogP contribution in [-0.4, -0.2) is 40.5 Å². The number of hydrogen-bond acceptors (Lipinski definition) is 4. The Hall–Kier alpha value is -3.61. The van der Waals surface area contributed by atoms with E-state index in [1.54, 1.807) is 6.20 Å². The first-order valence-electron chi connectivity index (χ1n) is 9.51. The summed E-state index contributed by atoms with van der Waals surface area (Å²) in [7, 11) is 0. The maximum absolute atomic E-state index is 12.9. The van der Waals surface area contributed by atoms with Crippen LogP contribution in [0.15, 0.2) is 54.7 Å². The Morgan fingerprint density at radius 3 is 2.41 bits per heavy atom. The Balaban J connectivity index is 1.38. The summed E-state index contributed by atoms with van der Waals surface area (Å²) < 4.78 is 5.68. The van der Waals surface area contributed by atoms with Crippen LogP contribution in [0.2, 0.25) is 0 Å². The average Bonchev–Trinajstić information content (AvgIpc) is 3.34. The zero-order valence-electron chi connectivity index (χ0n) is 15.5. The maximum Gasteiger partial charge on any atom is 0.415 e. The van der Waals surface area contributed by atoms with E-state index in [2.05, 4.69) is 34.5 Å². The Morgan fingerprint density at radius 2 is 1.76 bits per heavy atom. The van der Waals surface area contributed by atoms with Gasteiger partial charge >= 0.3 is 12.1 Å². The van der Waals surface area contributed by atoms with Crippen LogP contribution in [0, 0.1) is 5.92 Å². The first kappa shape index (κ1) is 17.5. The smallest absolute Gasteiger partial charge is 0.415 e. The molecule has 3 aromatic rings. The zero-order chi connectivity index (χ0) is 20.0. The van der Waals surface area contributed by atoms with Crippen LogP contribution in [0.4, 0.5) is 10.6 Å². The van der Waals surface area contributed by atoms with Crippen molar-refractivity contribution in [2.24, 2.45) is 5.92 Å². The van der Waals surface area contributed by atoms with Gasteiger partial charge in [0.2, 0.25) is 0 Å². The predicted molar refractivity (Wildman–Crippen MR) is 106 cm³/mol. The molecule has 2 N–H and O–H groups in total. The van der Waals surface area contributed by atoms with Gasteiger partial charge < -0.3 is 9.84 Å². The molecular weight excluding hydrogens is 370 g/mol. The van der Waals surface area contributed by atoms with Crippen LogP contribution in [0.25, 0.3) is 11.1 Å². The number of nitrogens with zero attached hydrogens (tertiary/aromatic N) is 2. The number of H-pyrrole nitrogens is 1. The van der Waals surface area contributed by atoms with E-state index in [1.807, 2.05) is 24.3 Å². The van der Waals surface area contributed by atoms with Gasteiger partial charge in [-0.25, -0.2) is 4.79 Å². The van der Waals surface area contributed by atoms with E-state index in [4.69, 9.17) is 4.74 Å². The molecule has 1 aliphatic heterocycles. The van der Waals surface area contributed by atoms with Gasteiger partial charge in [-0.2, -0.15) is 5.10 Å². The fourth-order valence-corrected chi connectivity index (χ4v) is 4.33. The van der Waals surface area contributed by atoms with Gasteiger partial charge in [-0.15, -0.1) is 0 Å². The molecule has 0 fully saturated rings. The van der Waals surface area contributed by atoms with E-state index in [0.29, 0.717) is 17.8 Å². The van der Waals surface area contributed by atoms with Gasteiger partial charge in [-0.05, 0) is 28.7 Å². The highest BCUT2D eigenvalue weighted by molar-refractivity contribution is 5.90. The number of rotatable bonds is 3. The Bertz CT molecular complexity index is 1060. The third-order valence-electron chi connectivity index (χ3n) is 5.74. The molecular formula is C22H19N3O4. The summed E-state index contributed by atoms with van der Waals surface area (Å²) in [5.74, 6) is -1.15. The third-order valence-corrected chi connectivity index (χ3v) is 5.74. The number of carboxylic acid groups (broad SMARTS) is 1. The molecule has 0 radical (unpaired) electrons. The summed E-state index contributed by atoms with van der Waals surface area (Å²) in [4.78, 5) is 25.7. The van der Waals surface area contributed by atoms with E-state index in [9.17, 15) is 14.7 Å². The average molecular weight is 389 g/mol. The lowest BCUT2D eigenvalue weighted by atomic mass is 9.96. The molecule has 0 bridgehead atoms. The predicted octanol–water partition coefficient (Wildman–Crippen LogP) is 3.42. The Morgan fingerprint density at radius 1 is 1.10 bits per heavy atom. The van der Waals surface area contributed by atoms with Gasteiger partial charge in [0.15, 0.2) is 0 Å². The molecule has 1 unspecified atom stereocenters. The van der Waals surface area contributed by atoms with Crippen molar-refractivity contribution in [3.05, 3.63) is 71.4 Å². The van der Waals surface area contributed by atoms with Gasteiger partial charge in [0.05, 0.1) is 12.1 Å². The fraction of sp³-hybridized carbons (Fsp3) is 0.227. The standard InChI is InChI=1S/C22H19N3O4/c26-21(27)14-9-13-10-23-24-20(13)25(11-14)22(28)29-12-19-17-7-3-1-5-15(17)16-6-2-4-8-18(16)19/h1-8,10,14,19H,9,11-12H2,(H,23,24)(H,26,27). The Labute approximate surface area is 166 Å². The number of carboxylic acids is 1. The van der Waals surface area contributed by atoms with Crippen molar-refractivity contribution in [1.82, 2.24) is 10.2 Å². The van der Waals surface area contributed by atoms with Gasteiger partial charge in [0, 0.05) is 18.0 Å². The van der Waals surface area contributed by atoms with Crippen LogP contribution < -0.4 is 4.90 Å². The highest BCUT2D eigenvalue weighted by atomic mass is 16.6. The monoisotopic (exact) mass is 389 g/mol. The highest BCUT2D eigenvalue weighted by Crippen LogP contribution is 2.44. The molecule has 5 rings (SSSR count). The lowest BCUT2D eigenvalue weighted by Crippen LogP contribution is -2.43. The molecule has 1 aliphatic carbocycles. The summed E-state index contributed by atoms with van der Waals surface area (Å²) in [5, 5.41) is 16.2. The molecule has 7 nitrogen and oxygen atoms in total. The second kappa shape index (κ2) is 6.77. The topological polar surface area (TPSA) is 95.5 Å². The fourth-order valence-electron chi connectivity index (χ4n) is 4.33. The summed E-state index contributed by atoms with van der Waals surface area (Å²) in [5.41, 5.74) is 5.28. The van der Waals surface area contributed by atoms with Crippen molar-refractivity contribution < 1.29 is 19.4 Å². The molecule has 29 heavy (non-hydrogen) atoms. The molecule has 146 valence electrons. The second-order valence-corrected chi connectivity index (χ2v) is 7.40. The number of benzene rings is 2. The molecule has 0 spiro atoms. The minimum atomic E-state index is -0.937. The molecule has 2 aliphatic rings. The van der Waals surface area contributed by atoms with Crippen molar-refractivity contribution in [1.29, 1.82) is 0 Å².